The third-order valence-electron chi connectivity index (χ3n) is 3.43. The Balaban J connectivity index is 1.52. The molecule has 0 fully saturated rings. The summed E-state index contributed by atoms with van der Waals surface area (Å²) in [7, 11) is 0. The standard InChI is InChI=1S/C17H18N4O2S/c18-16(22)11-23-14-5-3-12(4-6-14)8-19-9-13-10-20-21-17(13)15-2-1-7-24-15/h1-7,10,19H,8-9,11H2,(H2,18,22)(H,20,21). The second-order valence-corrected chi connectivity index (χ2v) is 6.20. The number of nitrogens with two attached hydrogens (primary N) is 1. The van der Waals surface area contributed by atoms with Crippen molar-refractivity contribution in [2.45, 2.75) is 13.1 Å². The molecule has 0 saturated heterocycles. The Bertz CT molecular complexity index is 781. The summed E-state index contributed by atoms with van der Waals surface area (Å²) in [5.41, 5.74) is 8.38. The van der Waals surface area contributed by atoms with Gasteiger partial charge in [0, 0.05) is 18.7 Å². The zero-order chi connectivity index (χ0) is 16.8. The van der Waals surface area contributed by atoms with Crippen LogP contribution in [0.4, 0.5) is 0 Å². The lowest BCUT2D eigenvalue weighted by molar-refractivity contribution is -0.119. The normalized spacial score (nSPS) is 10.7. The molecule has 0 atom stereocenters. The molecule has 124 valence electrons. The summed E-state index contributed by atoms with van der Waals surface area (Å²) >= 11 is 1.69. The van der Waals surface area contributed by atoms with Crippen molar-refractivity contribution in [3.05, 3.63) is 59.1 Å². The summed E-state index contributed by atoms with van der Waals surface area (Å²) in [5, 5.41) is 12.6. The first-order valence-corrected chi connectivity index (χ1v) is 8.37. The summed E-state index contributed by atoms with van der Waals surface area (Å²) in [5.74, 6) is 0.148. The number of H-pyrrole nitrogens is 1. The quantitative estimate of drug-likeness (QED) is 0.585. The van der Waals surface area contributed by atoms with E-state index in [2.05, 4.69) is 27.0 Å². The Kier molecular flexibility index (Phi) is 5.25. The van der Waals surface area contributed by atoms with Gasteiger partial charge >= 0.3 is 0 Å². The zero-order valence-electron chi connectivity index (χ0n) is 13.0. The summed E-state index contributed by atoms with van der Waals surface area (Å²) < 4.78 is 5.24. The molecule has 1 amide bonds. The maximum absolute atomic E-state index is 10.7. The number of nitrogens with zero attached hydrogens (tertiary/aromatic N) is 1. The first-order valence-electron chi connectivity index (χ1n) is 7.49. The van der Waals surface area contributed by atoms with Crippen molar-refractivity contribution < 1.29 is 9.53 Å². The molecular weight excluding hydrogens is 324 g/mol. The molecule has 2 heterocycles. The molecule has 0 aliphatic rings. The summed E-state index contributed by atoms with van der Waals surface area (Å²) in [6.07, 6.45) is 1.85. The van der Waals surface area contributed by atoms with E-state index >= 15 is 0 Å². The Labute approximate surface area is 143 Å². The maximum Gasteiger partial charge on any atom is 0.255 e. The number of nitrogens with one attached hydrogen (secondary N) is 2. The predicted octanol–water partition coefficient (Wildman–Crippen LogP) is 2.29. The van der Waals surface area contributed by atoms with Crippen molar-refractivity contribution in [1.29, 1.82) is 0 Å². The third-order valence-corrected chi connectivity index (χ3v) is 4.32. The highest BCUT2D eigenvalue weighted by molar-refractivity contribution is 7.13. The number of thiophene rings is 1. The number of aromatic amines is 1. The van der Waals surface area contributed by atoms with Crippen LogP contribution >= 0.6 is 11.3 Å². The molecule has 3 rings (SSSR count). The first kappa shape index (κ1) is 16.2. The van der Waals surface area contributed by atoms with Gasteiger partial charge in [0.1, 0.15) is 5.75 Å². The van der Waals surface area contributed by atoms with Gasteiger partial charge in [-0.15, -0.1) is 11.3 Å². The van der Waals surface area contributed by atoms with Crippen LogP contribution in [0.1, 0.15) is 11.1 Å². The Morgan fingerprint density at radius 2 is 2.08 bits per heavy atom. The number of carbonyl (C=O) groups is 1. The number of aromatic nitrogens is 2. The van der Waals surface area contributed by atoms with E-state index in [1.165, 1.54) is 4.88 Å². The first-order chi connectivity index (χ1) is 11.7. The highest BCUT2D eigenvalue weighted by Gasteiger charge is 2.08. The molecule has 24 heavy (non-hydrogen) atoms. The minimum absolute atomic E-state index is 0.108. The maximum atomic E-state index is 10.7. The third kappa shape index (κ3) is 4.21. The van der Waals surface area contributed by atoms with Crippen molar-refractivity contribution in [3.63, 3.8) is 0 Å². The number of benzene rings is 1. The molecule has 7 heteroatoms. The van der Waals surface area contributed by atoms with E-state index in [-0.39, 0.29) is 6.61 Å². The van der Waals surface area contributed by atoms with E-state index in [9.17, 15) is 4.79 Å². The number of hydrogen-bond donors (Lipinski definition) is 3. The molecule has 0 saturated carbocycles. The molecule has 0 aliphatic carbocycles. The van der Waals surface area contributed by atoms with E-state index in [0.29, 0.717) is 5.75 Å². The molecule has 0 radical (unpaired) electrons. The second-order valence-electron chi connectivity index (χ2n) is 5.25. The fourth-order valence-corrected chi connectivity index (χ4v) is 3.03. The molecule has 0 unspecified atom stereocenters. The summed E-state index contributed by atoms with van der Waals surface area (Å²) in [6.45, 7) is 1.35. The van der Waals surface area contributed by atoms with E-state index < -0.39 is 5.91 Å². The van der Waals surface area contributed by atoms with Gasteiger partial charge in [0.15, 0.2) is 6.61 Å². The van der Waals surface area contributed by atoms with Crippen LogP contribution in [0.2, 0.25) is 0 Å². The average molecular weight is 342 g/mol. The Morgan fingerprint density at radius 1 is 1.25 bits per heavy atom. The predicted molar refractivity (Wildman–Crippen MR) is 93.6 cm³/mol. The van der Waals surface area contributed by atoms with Crippen molar-refractivity contribution >= 4 is 17.2 Å². The van der Waals surface area contributed by atoms with E-state index in [0.717, 1.165) is 29.9 Å². The molecule has 1 aromatic carbocycles. The largest absolute Gasteiger partial charge is 0.484 e. The Morgan fingerprint density at radius 3 is 2.79 bits per heavy atom. The minimum atomic E-state index is -0.484. The number of amides is 1. The number of ether oxygens (including phenoxy) is 1. The Hall–Kier alpha value is -2.64. The zero-order valence-corrected chi connectivity index (χ0v) is 13.8. The van der Waals surface area contributed by atoms with Gasteiger partial charge < -0.3 is 15.8 Å². The van der Waals surface area contributed by atoms with Crippen LogP contribution in [-0.4, -0.2) is 22.7 Å². The van der Waals surface area contributed by atoms with E-state index in [1.807, 2.05) is 36.5 Å². The highest BCUT2D eigenvalue weighted by Crippen LogP contribution is 2.25. The van der Waals surface area contributed by atoms with Crippen molar-refractivity contribution in [2.75, 3.05) is 6.61 Å². The lowest BCUT2D eigenvalue weighted by Gasteiger charge is -2.07. The van der Waals surface area contributed by atoms with E-state index in [1.54, 1.807) is 11.3 Å². The molecular formula is C17H18N4O2S. The number of carbonyl (C=O) groups excluding carboxylic acids is 1. The molecule has 2 aromatic heterocycles. The monoisotopic (exact) mass is 342 g/mol. The SMILES string of the molecule is NC(=O)COc1ccc(CNCc2cn[nH]c2-c2cccs2)cc1. The van der Waals surface area contributed by atoms with Gasteiger partial charge in [-0.2, -0.15) is 5.10 Å². The molecule has 6 nitrogen and oxygen atoms in total. The highest BCUT2D eigenvalue weighted by atomic mass is 32.1. The van der Waals surface area contributed by atoms with Gasteiger partial charge in [0.25, 0.3) is 5.91 Å². The summed E-state index contributed by atoms with van der Waals surface area (Å²) in [4.78, 5) is 11.9. The average Bonchev–Trinajstić information content (AvgIpc) is 3.25. The number of rotatable bonds is 8. The smallest absolute Gasteiger partial charge is 0.255 e. The van der Waals surface area contributed by atoms with Gasteiger partial charge in [-0.1, -0.05) is 18.2 Å². The van der Waals surface area contributed by atoms with Crippen LogP contribution in [-0.2, 0) is 17.9 Å². The van der Waals surface area contributed by atoms with E-state index in [4.69, 9.17) is 10.5 Å². The van der Waals surface area contributed by atoms with Crippen molar-refractivity contribution in [2.24, 2.45) is 5.73 Å². The molecule has 4 N–H and O–H groups in total. The molecule has 0 bridgehead atoms. The minimum Gasteiger partial charge on any atom is -0.484 e. The lowest BCUT2D eigenvalue weighted by atomic mass is 10.2. The van der Waals surface area contributed by atoms with Crippen LogP contribution < -0.4 is 15.8 Å². The van der Waals surface area contributed by atoms with Crippen molar-refractivity contribution in [1.82, 2.24) is 15.5 Å². The van der Waals surface area contributed by atoms with Gasteiger partial charge in [-0.25, -0.2) is 0 Å². The van der Waals surface area contributed by atoms with Crippen LogP contribution in [0.3, 0.4) is 0 Å². The van der Waals surface area contributed by atoms with Gasteiger partial charge in [0.2, 0.25) is 0 Å². The lowest BCUT2D eigenvalue weighted by Crippen LogP contribution is -2.20. The van der Waals surface area contributed by atoms with Crippen LogP contribution in [0.5, 0.6) is 5.75 Å². The van der Waals surface area contributed by atoms with Crippen LogP contribution in [0.15, 0.2) is 48.0 Å². The van der Waals surface area contributed by atoms with Gasteiger partial charge in [0.05, 0.1) is 16.8 Å². The van der Waals surface area contributed by atoms with Crippen LogP contribution in [0.25, 0.3) is 10.6 Å². The molecule has 3 aromatic rings. The molecule has 0 aliphatic heterocycles. The van der Waals surface area contributed by atoms with Gasteiger partial charge in [-0.05, 0) is 29.1 Å². The fourth-order valence-electron chi connectivity index (χ4n) is 2.28. The molecule has 0 spiro atoms. The number of primary amides is 1. The number of hydrogen-bond acceptors (Lipinski definition) is 5. The fraction of sp³-hybridized carbons (Fsp3) is 0.176. The summed E-state index contributed by atoms with van der Waals surface area (Å²) in [6, 6.07) is 11.7. The topological polar surface area (TPSA) is 93.0 Å². The second kappa shape index (κ2) is 7.76. The van der Waals surface area contributed by atoms with Crippen molar-refractivity contribution in [3.8, 4) is 16.3 Å². The van der Waals surface area contributed by atoms with Gasteiger partial charge in [-0.3, -0.25) is 9.89 Å². The van der Waals surface area contributed by atoms with Crippen LogP contribution in [0, 0.1) is 0 Å².